The third-order valence-corrected chi connectivity index (χ3v) is 5.57. The van der Waals surface area contributed by atoms with Crippen molar-refractivity contribution < 1.29 is 9.90 Å². The van der Waals surface area contributed by atoms with E-state index in [9.17, 15) is 9.90 Å². The zero-order valence-corrected chi connectivity index (χ0v) is 15.0. The predicted octanol–water partition coefficient (Wildman–Crippen LogP) is 2.49. The topological polar surface area (TPSA) is 52.6 Å². The molecular formula is C20H30N2O2. The van der Waals surface area contributed by atoms with E-state index in [0.717, 1.165) is 58.3 Å². The van der Waals surface area contributed by atoms with E-state index in [0.29, 0.717) is 0 Å². The maximum absolute atomic E-state index is 11.5. The molecule has 0 unspecified atom stereocenters. The van der Waals surface area contributed by atoms with Crippen LogP contribution in [0.3, 0.4) is 0 Å². The highest BCUT2D eigenvalue weighted by atomic mass is 16.3. The molecule has 0 radical (unpaired) electrons. The highest BCUT2D eigenvalue weighted by Gasteiger charge is 2.40. The van der Waals surface area contributed by atoms with Gasteiger partial charge in [-0.1, -0.05) is 24.3 Å². The maximum Gasteiger partial charge on any atom is 0.220 e. The van der Waals surface area contributed by atoms with Crippen molar-refractivity contribution in [2.45, 2.75) is 58.1 Å². The molecule has 0 bridgehead atoms. The summed E-state index contributed by atoms with van der Waals surface area (Å²) < 4.78 is 0. The van der Waals surface area contributed by atoms with Crippen molar-refractivity contribution in [1.29, 1.82) is 0 Å². The second-order valence-electron chi connectivity index (χ2n) is 8.36. The minimum atomic E-state index is -0.598. The van der Waals surface area contributed by atoms with Crippen LogP contribution in [0.2, 0.25) is 0 Å². The molecule has 24 heavy (non-hydrogen) atoms. The lowest BCUT2D eigenvalue weighted by atomic mass is 9.77. The smallest absolute Gasteiger partial charge is 0.220 e. The van der Waals surface area contributed by atoms with Crippen LogP contribution in [0.25, 0.3) is 0 Å². The van der Waals surface area contributed by atoms with Gasteiger partial charge in [0.05, 0.1) is 5.60 Å². The van der Waals surface area contributed by atoms with Crippen LogP contribution in [0, 0.1) is 5.41 Å². The number of carbonyl (C=O) groups is 1. The monoisotopic (exact) mass is 330 g/mol. The molecule has 4 heteroatoms. The molecule has 1 aromatic rings. The lowest BCUT2D eigenvalue weighted by Crippen LogP contribution is -2.40. The zero-order valence-electron chi connectivity index (χ0n) is 15.0. The summed E-state index contributed by atoms with van der Waals surface area (Å²) in [5.74, 6) is 0.227. The van der Waals surface area contributed by atoms with Crippen molar-refractivity contribution in [1.82, 2.24) is 10.2 Å². The number of aliphatic hydroxyl groups is 1. The molecule has 0 saturated carbocycles. The fourth-order valence-corrected chi connectivity index (χ4v) is 3.81. The fourth-order valence-electron chi connectivity index (χ4n) is 3.81. The first-order chi connectivity index (χ1) is 11.3. The Kier molecular flexibility index (Phi) is 4.97. The summed E-state index contributed by atoms with van der Waals surface area (Å²) in [6, 6.07) is 8.80. The van der Waals surface area contributed by atoms with Crippen molar-refractivity contribution in [3.8, 4) is 0 Å². The van der Waals surface area contributed by atoms with Gasteiger partial charge in [-0.05, 0) is 69.2 Å². The highest BCUT2D eigenvalue weighted by molar-refractivity contribution is 5.79. The quantitative estimate of drug-likeness (QED) is 0.872. The number of aryl methyl sites for hydroxylation is 1. The SMILES string of the molecule is CC(C)(O)CCc1ccc(CN2CCC3(CC2)CNC(=O)C3)cc1. The minimum absolute atomic E-state index is 0.227. The highest BCUT2D eigenvalue weighted by Crippen LogP contribution is 2.37. The van der Waals surface area contributed by atoms with Crippen molar-refractivity contribution in [2.75, 3.05) is 19.6 Å². The fraction of sp³-hybridized carbons (Fsp3) is 0.650. The summed E-state index contributed by atoms with van der Waals surface area (Å²) >= 11 is 0. The Morgan fingerprint density at radius 1 is 1.17 bits per heavy atom. The van der Waals surface area contributed by atoms with Crippen LogP contribution in [0.1, 0.15) is 50.7 Å². The van der Waals surface area contributed by atoms with Gasteiger partial charge in [-0.15, -0.1) is 0 Å². The molecule has 4 nitrogen and oxygen atoms in total. The molecular weight excluding hydrogens is 300 g/mol. The average molecular weight is 330 g/mol. The van der Waals surface area contributed by atoms with E-state index < -0.39 is 5.60 Å². The second kappa shape index (κ2) is 6.85. The van der Waals surface area contributed by atoms with Gasteiger partial charge in [0.1, 0.15) is 0 Å². The first kappa shape index (κ1) is 17.4. The Hall–Kier alpha value is -1.39. The number of likely N-dealkylation sites (tertiary alicyclic amines) is 1. The van der Waals surface area contributed by atoms with Gasteiger partial charge in [-0.3, -0.25) is 9.69 Å². The van der Waals surface area contributed by atoms with E-state index in [-0.39, 0.29) is 11.3 Å². The predicted molar refractivity (Wildman–Crippen MR) is 95.6 cm³/mol. The molecule has 2 aliphatic heterocycles. The van der Waals surface area contributed by atoms with Crippen LogP contribution >= 0.6 is 0 Å². The molecule has 2 N–H and O–H groups in total. The van der Waals surface area contributed by atoms with Gasteiger partial charge in [0.25, 0.3) is 0 Å². The molecule has 2 heterocycles. The largest absolute Gasteiger partial charge is 0.390 e. The summed E-state index contributed by atoms with van der Waals surface area (Å²) in [5.41, 5.74) is 2.26. The molecule has 3 rings (SSSR count). The molecule has 0 aliphatic carbocycles. The molecule has 132 valence electrons. The Morgan fingerprint density at radius 3 is 2.33 bits per heavy atom. The summed E-state index contributed by atoms with van der Waals surface area (Å²) in [6.07, 6.45) is 4.66. The third kappa shape index (κ3) is 4.58. The Balaban J connectivity index is 1.48. The first-order valence-electron chi connectivity index (χ1n) is 9.13. The van der Waals surface area contributed by atoms with E-state index in [2.05, 4.69) is 34.5 Å². The molecule has 0 aromatic heterocycles. The number of rotatable bonds is 5. The number of nitrogens with zero attached hydrogens (tertiary/aromatic N) is 1. The van der Waals surface area contributed by atoms with Crippen LogP contribution < -0.4 is 5.32 Å². The standard InChI is InChI=1S/C20H30N2O2/c1-19(2,24)8-7-16-3-5-17(6-4-16)14-22-11-9-20(10-12-22)13-18(23)21-15-20/h3-6,24H,7-15H2,1-2H3,(H,21,23). The van der Waals surface area contributed by atoms with Gasteiger partial charge in [0.2, 0.25) is 5.91 Å². The summed E-state index contributed by atoms with van der Waals surface area (Å²) in [6.45, 7) is 7.74. The normalized spacial score (nSPS) is 21.2. The summed E-state index contributed by atoms with van der Waals surface area (Å²) in [5, 5.41) is 12.8. The number of nitrogens with one attached hydrogen (secondary N) is 1. The first-order valence-corrected chi connectivity index (χ1v) is 9.13. The van der Waals surface area contributed by atoms with Gasteiger partial charge in [0.15, 0.2) is 0 Å². The average Bonchev–Trinajstić information content (AvgIpc) is 2.89. The molecule has 1 amide bonds. The Labute approximate surface area is 145 Å². The van der Waals surface area contributed by atoms with Crippen molar-refractivity contribution in [2.24, 2.45) is 5.41 Å². The van der Waals surface area contributed by atoms with Crippen LogP contribution in [0.15, 0.2) is 24.3 Å². The van der Waals surface area contributed by atoms with E-state index in [1.165, 1.54) is 11.1 Å². The number of hydrogen-bond acceptors (Lipinski definition) is 3. The van der Waals surface area contributed by atoms with Crippen LogP contribution in [0.5, 0.6) is 0 Å². The molecule has 2 saturated heterocycles. The number of amides is 1. The van der Waals surface area contributed by atoms with E-state index in [4.69, 9.17) is 0 Å². The summed E-state index contributed by atoms with van der Waals surface area (Å²) in [7, 11) is 0. The lowest BCUT2D eigenvalue weighted by molar-refractivity contribution is -0.119. The summed E-state index contributed by atoms with van der Waals surface area (Å²) in [4.78, 5) is 14.0. The molecule has 2 fully saturated rings. The molecule has 1 aromatic carbocycles. The van der Waals surface area contributed by atoms with Gasteiger partial charge in [-0.25, -0.2) is 0 Å². The van der Waals surface area contributed by atoms with Gasteiger partial charge in [0, 0.05) is 19.5 Å². The maximum atomic E-state index is 11.5. The van der Waals surface area contributed by atoms with E-state index in [1.54, 1.807) is 0 Å². The zero-order chi connectivity index (χ0) is 17.2. The Morgan fingerprint density at radius 2 is 1.79 bits per heavy atom. The Bertz CT molecular complexity index is 566. The lowest BCUT2D eigenvalue weighted by Gasteiger charge is -2.38. The molecule has 1 spiro atoms. The molecule has 2 aliphatic rings. The van der Waals surface area contributed by atoms with Crippen molar-refractivity contribution >= 4 is 5.91 Å². The van der Waals surface area contributed by atoms with Gasteiger partial charge in [-0.2, -0.15) is 0 Å². The van der Waals surface area contributed by atoms with E-state index in [1.807, 2.05) is 13.8 Å². The van der Waals surface area contributed by atoms with Crippen molar-refractivity contribution in [3.05, 3.63) is 35.4 Å². The molecule has 0 atom stereocenters. The van der Waals surface area contributed by atoms with Crippen LogP contribution in [-0.4, -0.2) is 41.1 Å². The van der Waals surface area contributed by atoms with Gasteiger partial charge < -0.3 is 10.4 Å². The van der Waals surface area contributed by atoms with E-state index >= 15 is 0 Å². The number of carbonyl (C=O) groups excluding carboxylic acids is 1. The number of benzene rings is 1. The number of piperidine rings is 1. The van der Waals surface area contributed by atoms with Crippen LogP contribution in [0.4, 0.5) is 0 Å². The third-order valence-electron chi connectivity index (χ3n) is 5.57. The minimum Gasteiger partial charge on any atom is -0.390 e. The van der Waals surface area contributed by atoms with Crippen LogP contribution in [-0.2, 0) is 17.8 Å². The second-order valence-corrected chi connectivity index (χ2v) is 8.36. The van der Waals surface area contributed by atoms with Crippen molar-refractivity contribution in [3.63, 3.8) is 0 Å². The number of hydrogen-bond donors (Lipinski definition) is 2. The van der Waals surface area contributed by atoms with Gasteiger partial charge >= 0.3 is 0 Å².